The van der Waals surface area contributed by atoms with E-state index < -0.39 is 6.10 Å². The van der Waals surface area contributed by atoms with Gasteiger partial charge >= 0.3 is 0 Å². The number of aliphatic hydroxyl groups is 1. The van der Waals surface area contributed by atoms with Gasteiger partial charge in [0.1, 0.15) is 0 Å². The van der Waals surface area contributed by atoms with Crippen molar-refractivity contribution in [3.05, 3.63) is 12.7 Å². The third-order valence-corrected chi connectivity index (χ3v) is 2.23. The van der Waals surface area contributed by atoms with Crippen LogP contribution in [-0.4, -0.2) is 36.5 Å². The first-order valence-corrected chi connectivity index (χ1v) is 4.39. The molecule has 70 valence electrons. The highest BCUT2D eigenvalue weighted by Gasteiger charge is 2.28. The predicted molar refractivity (Wildman–Crippen MR) is 48.0 cm³/mol. The molecule has 0 aromatic carbocycles. The van der Waals surface area contributed by atoms with Crippen LogP contribution in [0.25, 0.3) is 0 Å². The van der Waals surface area contributed by atoms with Gasteiger partial charge in [-0.1, -0.05) is 6.08 Å². The molecule has 1 fully saturated rings. The van der Waals surface area contributed by atoms with Crippen molar-refractivity contribution in [2.45, 2.75) is 31.6 Å². The van der Waals surface area contributed by atoms with Gasteiger partial charge in [0.05, 0.1) is 12.2 Å². The van der Waals surface area contributed by atoms with Crippen molar-refractivity contribution in [3.8, 4) is 0 Å². The Balaban J connectivity index is 2.35. The molecular weight excluding hydrogens is 154 g/mol. The average molecular weight is 171 g/mol. The van der Waals surface area contributed by atoms with Crippen LogP contribution in [0.15, 0.2) is 12.7 Å². The number of aliphatic hydroxyl groups excluding tert-OH is 1. The normalized spacial score (nSPS) is 36.3. The number of rotatable bonds is 3. The molecule has 0 spiro atoms. The van der Waals surface area contributed by atoms with Gasteiger partial charge in [-0.3, -0.25) is 0 Å². The number of hydrogen-bond acceptors (Lipinski definition) is 3. The summed E-state index contributed by atoms with van der Waals surface area (Å²) in [6.45, 7) is 6.98. The molecule has 0 aliphatic carbocycles. The number of hydrogen-bond donors (Lipinski definition) is 2. The molecule has 0 aromatic rings. The molecule has 0 radical (unpaired) electrons. The number of nitrogens with one attached hydrogen (secondary N) is 1. The highest BCUT2D eigenvalue weighted by atomic mass is 16.5. The maximum atomic E-state index is 9.64. The van der Waals surface area contributed by atoms with Crippen molar-refractivity contribution in [3.63, 3.8) is 0 Å². The fourth-order valence-corrected chi connectivity index (χ4v) is 1.43. The minimum atomic E-state index is -0.390. The first kappa shape index (κ1) is 9.71. The van der Waals surface area contributed by atoms with E-state index in [9.17, 15) is 5.11 Å². The quantitative estimate of drug-likeness (QED) is 0.600. The zero-order valence-electron chi connectivity index (χ0n) is 7.49. The fraction of sp³-hybridized carbons (Fsp3) is 0.778. The highest BCUT2D eigenvalue weighted by Crippen LogP contribution is 2.13. The molecule has 1 saturated heterocycles. The Morgan fingerprint density at radius 1 is 1.75 bits per heavy atom. The molecule has 0 aromatic heterocycles. The first-order chi connectivity index (χ1) is 5.75. The van der Waals surface area contributed by atoms with Crippen molar-refractivity contribution in [1.29, 1.82) is 0 Å². The molecule has 2 N–H and O–H groups in total. The van der Waals surface area contributed by atoms with Crippen LogP contribution >= 0.6 is 0 Å². The van der Waals surface area contributed by atoms with Crippen LogP contribution in [0.5, 0.6) is 0 Å². The van der Waals surface area contributed by atoms with Crippen molar-refractivity contribution in [2.24, 2.45) is 0 Å². The average Bonchev–Trinajstić information content (AvgIpc) is 2.08. The summed E-state index contributed by atoms with van der Waals surface area (Å²) in [4.78, 5) is 0. The van der Waals surface area contributed by atoms with Gasteiger partial charge in [0.25, 0.3) is 0 Å². The van der Waals surface area contributed by atoms with Crippen LogP contribution in [0.4, 0.5) is 0 Å². The van der Waals surface area contributed by atoms with E-state index in [0.29, 0.717) is 0 Å². The molecule has 1 rings (SSSR count). The Labute approximate surface area is 73.4 Å². The largest absolute Gasteiger partial charge is 0.389 e. The SMILES string of the molecule is C=CCNC1CCOC(C)C1O. The molecule has 0 amide bonds. The van der Waals surface area contributed by atoms with Gasteiger partial charge in [0.2, 0.25) is 0 Å². The Kier molecular flexibility index (Phi) is 3.72. The smallest absolute Gasteiger partial charge is 0.0952 e. The lowest BCUT2D eigenvalue weighted by atomic mass is 10.0. The molecule has 0 bridgehead atoms. The van der Waals surface area contributed by atoms with Gasteiger partial charge in [-0.05, 0) is 13.3 Å². The van der Waals surface area contributed by atoms with Crippen molar-refractivity contribution in [1.82, 2.24) is 5.32 Å². The third-order valence-electron chi connectivity index (χ3n) is 2.23. The molecule has 3 heteroatoms. The molecule has 12 heavy (non-hydrogen) atoms. The zero-order valence-corrected chi connectivity index (χ0v) is 7.49. The fourth-order valence-electron chi connectivity index (χ4n) is 1.43. The topological polar surface area (TPSA) is 41.5 Å². The Morgan fingerprint density at radius 2 is 2.50 bits per heavy atom. The molecule has 3 nitrogen and oxygen atoms in total. The van der Waals surface area contributed by atoms with Crippen LogP contribution in [-0.2, 0) is 4.74 Å². The summed E-state index contributed by atoms with van der Waals surface area (Å²) in [7, 11) is 0. The van der Waals surface area contributed by atoms with Crippen LogP contribution < -0.4 is 5.32 Å². The lowest BCUT2D eigenvalue weighted by Gasteiger charge is -2.33. The summed E-state index contributed by atoms with van der Waals surface area (Å²) in [6, 6.07) is 0.159. The molecule has 1 aliphatic heterocycles. The minimum absolute atomic E-state index is 0.0546. The highest BCUT2D eigenvalue weighted by molar-refractivity contribution is 4.86. The zero-order chi connectivity index (χ0) is 8.97. The Bertz CT molecular complexity index is 149. The van der Waals surface area contributed by atoms with Crippen molar-refractivity contribution >= 4 is 0 Å². The van der Waals surface area contributed by atoms with Gasteiger partial charge in [-0.2, -0.15) is 0 Å². The Hall–Kier alpha value is -0.380. The predicted octanol–water partition coefficient (Wildman–Crippen LogP) is 0.300. The molecule has 1 heterocycles. The van der Waals surface area contributed by atoms with Gasteiger partial charge in [0, 0.05) is 19.2 Å². The van der Waals surface area contributed by atoms with Gasteiger partial charge < -0.3 is 15.2 Å². The van der Waals surface area contributed by atoms with Crippen LogP contribution in [0.3, 0.4) is 0 Å². The van der Waals surface area contributed by atoms with E-state index in [1.807, 2.05) is 6.92 Å². The van der Waals surface area contributed by atoms with Crippen LogP contribution in [0, 0.1) is 0 Å². The second-order valence-electron chi connectivity index (χ2n) is 3.16. The van der Waals surface area contributed by atoms with E-state index >= 15 is 0 Å². The van der Waals surface area contributed by atoms with Gasteiger partial charge in [0.15, 0.2) is 0 Å². The standard InChI is InChI=1S/C9H17NO2/c1-3-5-10-8-4-6-12-7(2)9(8)11/h3,7-11H,1,4-6H2,2H3. The van der Waals surface area contributed by atoms with E-state index in [1.54, 1.807) is 6.08 Å². The van der Waals surface area contributed by atoms with Crippen LogP contribution in [0.1, 0.15) is 13.3 Å². The molecule has 0 saturated carbocycles. The molecular formula is C9H17NO2. The van der Waals surface area contributed by atoms with Gasteiger partial charge in [-0.15, -0.1) is 6.58 Å². The Morgan fingerprint density at radius 3 is 3.17 bits per heavy atom. The first-order valence-electron chi connectivity index (χ1n) is 4.39. The summed E-state index contributed by atoms with van der Waals surface area (Å²) < 4.78 is 5.28. The monoisotopic (exact) mass is 171 g/mol. The van der Waals surface area contributed by atoms with Crippen molar-refractivity contribution < 1.29 is 9.84 Å². The molecule has 3 unspecified atom stereocenters. The maximum absolute atomic E-state index is 9.64. The summed E-state index contributed by atoms with van der Waals surface area (Å²) in [5.74, 6) is 0. The molecule has 3 atom stereocenters. The second kappa shape index (κ2) is 4.60. The second-order valence-corrected chi connectivity index (χ2v) is 3.16. The third kappa shape index (κ3) is 2.30. The molecule has 1 aliphatic rings. The number of ether oxygens (including phenoxy) is 1. The van der Waals surface area contributed by atoms with E-state index in [2.05, 4.69) is 11.9 Å². The maximum Gasteiger partial charge on any atom is 0.0952 e. The van der Waals surface area contributed by atoms with Crippen molar-refractivity contribution in [2.75, 3.05) is 13.2 Å². The summed E-state index contributed by atoms with van der Waals surface area (Å²) in [5, 5.41) is 12.8. The van der Waals surface area contributed by atoms with E-state index in [0.717, 1.165) is 19.6 Å². The summed E-state index contributed by atoms with van der Waals surface area (Å²) >= 11 is 0. The summed E-state index contributed by atoms with van der Waals surface area (Å²) in [5.41, 5.74) is 0. The van der Waals surface area contributed by atoms with E-state index in [1.165, 1.54) is 0 Å². The lowest BCUT2D eigenvalue weighted by molar-refractivity contribution is -0.0807. The summed E-state index contributed by atoms with van der Waals surface area (Å²) in [6.07, 6.45) is 2.23. The van der Waals surface area contributed by atoms with E-state index in [-0.39, 0.29) is 12.1 Å². The lowest BCUT2D eigenvalue weighted by Crippen LogP contribution is -2.50. The van der Waals surface area contributed by atoms with E-state index in [4.69, 9.17) is 4.74 Å². The van der Waals surface area contributed by atoms with Gasteiger partial charge in [-0.25, -0.2) is 0 Å². The minimum Gasteiger partial charge on any atom is -0.389 e. The van der Waals surface area contributed by atoms with Crippen LogP contribution in [0.2, 0.25) is 0 Å².